The standard InChI is InChI=1S/C15H11ClN2OS/c1-19-13-7-6-9(16)8-12(13)14-10-4-2-3-5-11(10)15(20)18-17-14/h2-8H,1H3,(H,18,20). The van der Waals surface area contributed by atoms with Crippen LogP contribution in [-0.4, -0.2) is 17.3 Å². The largest absolute Gasteiger partial charge is 0.496 e. The lowest BCUT2D eigenvalue weighted by atomic mass is 10.0. The first-order valence-electron chi connectivity index (χ1n) is 6.02. The smallest absolute Gasteiger partial charge is 0.128 e. The maximum atomic E-state index is 6.09. The molecule has 100 valence electrons. The molecule has 3 nitrogen and oxygen atoms in total. The molecule has 0 bridgehead atoms. The second kappa shape index (κ2) is 5.23. The Hall–Kier alpha value is -1.91. The number of halogens is 1. The van der Waals surface area contributed by atoms with E-state index in [1.165, 1.54) is 0 Å². The minimum atomic E-state index is 0.616. The third-order valence-corrected chi connectivity index (χ3v) is 3.66. The van der Waals surface area contributed by atoms with Crippen molar-refractivity contribution in [1.29, 1.82) is 0 Å². The van der Waals surface area contributed by atoms with E-state index in [0.717, 1.165) is 27.8 Å². The molecular weight excluding hydrogens is 292 g/mol. The maximum Gasteiger partial charge on any atom is 0.128 e. The number of fused-ring (bicyclic) bond motifs is 1. The molecule has 0 amide bonds. The maximum absolute atomic E-state index is 6.09. The van der Waals surface area contributed by atoms with Gasteiger partial charge in [-0.2, -0.15) is 5.10 Å². The first kappa shape index (κ1) is 13.1. The summed E-state index contributed by atoms with van der Waals surface area (Å²) < 4.78 is 6.01. The van der Waals surface area contributed by atoms with E-state index in [2.05, 4.69) is 10.2 Å². The molecule has 3 rings (SSSR count). The number of nitrogens with one attached hydrogen (secondary N) is 1. The summed E-state index contributed by atoms with van der Waals surface area (Å²) in [7, 11) is 1.63. The van der Waals surface area contributed by atoms with Crippen molar-refractivity contribution < 1.29 is 4.74 Å². The predicted molar refractivity (Wildman–Crippen MR) is 83.9 cm³/mol. The molecule has 0 radical (unpaired) electrons. The van der Waals surface area contributed by atoms with Crippen molar-refractivity contribution in [3.63, 3.8) is 0 Å². The predicted octanol–water partition coefficient (Wildman–Crippen LogP) is 4.62. The van der Waals surface area contributed by atoms with Crippen molar-refractivity contribution in [3.8, 4) is 17.0 Å². The van der Waals surface area contributed by atoms with Gasteiger partial charge in [0.05, 0.1) is 7.11 Å². The Morgan fingerprint density at radius 1 is 1.15 bits per heavy atom. The fourth-order valence-electron chi connectivity index (χ4n) is 2.19. The Morgan fingerprint density at radius 3 is 2.65 bits per heavy atom. The van der Waals surface area contributed by atoms with E-state index < -0.39 is 0 Å². The highest BCUT2D eigenvalue weighted by molar-refractivity contribution is 7.71. The van der Waals surface area contributed by atoms with Crippen LogP contribution in [0.25, 0.3) is 22.0 Å². The molecule has 0 aliphatic heterocycles. The number of benzene rings is 2. The van der Waals surface area contributed by atoms with Crippen LogP contribution in [0.1, 0.15) is 0 Å². The summed E-state index contributed by atoms with van der Waals surface area (Å²) in [4.78, 5) is 0. The van der Waals surface area contributed by atoms with Gasteiger partial charge in [-0.1, -0.05) is 48.1 Å². The lowest BCUT2D eigenvalue weighted by Gasteiger charge is -2.10. The van der Waals surface area contributed by atoms with Crippen molar-refractivity contribution >= 4 is 34.6 Å². The fraction of sp³-hybridized carbons (Fsp3) is 0.0667. The van der Waals surface area contributed by atoms with Crippen LogP contribution in [0.3, 0.4) is 0 Å². The van der Waals surface area contributed by atoms with E-state index in [1.807, 2.05) is 36.4 Å². The quantitative estimate of drug-likeness (QED) is 0.702. The second-order valence-electron chi connectivity index (χ2n) is 4.29. The Balaban J connectivity index is 2.39. The van der Waals surface area contributed by atoms with Gasteiger partial charge < -0.3 is 4.74 Å². The molecule has 0 atom stereocenters. The van der Waals surface area contributed by atoms with E-state index in [0.29, 0.717) is 9.66 Å². The van der Waals surface area contributed by atoms with E-state index in [9.17, 15) is 0 Å². The first-order valence-corrected chi connectivity index (χ1v) is 6.80. The molecule has 5 heteroatoms. The van der Waals surface area contributed by atoms with E-state index in [4.69, 9.17) is 28.6 Å². The molecule has 0 aliphatic carbocycles. The highest BCUT2D eigenvalue weighted by Gasteiger charge is 2.12. The molecule has 0 aliphatic rings. The van der Waals surface area contributed by atoms with E-state index in [1.54, 1.807) is 13.2 Å². The highest BCUT2D eigenvalue weighted by Crippen LogP contribution is 2.34. The summed E-state index contributed by atoms with van der Waals surface area (Å²) in [6, 6.07) is 13.3. The number of rotatable bonds is 2. The van der Waals surface area contributed by atoms with Crippen molar-refractivity contribution in [1.82, 2.24) is 10.2 Å². The number of aromatic amines is 1. The lowest BCUT2D eigenvalue weighted by molar-refractivity contribution is 0.416. The van der Waals surface area contributed by atoms with Gasteiger partial charge in [0.2, 0.25) is 0 Å². The average Bonchev–Trinajstić information content (AvgIpc) is 2.48. The zero-order valence-corrected chi connectivity index (χ0v) is 12.3. The zero-order valence-electron chi connectivity index (χ0n) is 10.7. The van der Waals surface area contributed by atoms with Gasteiger partial charge in [-0.15, -0.1) is 0 Å². The van der Waals surface area contributed by atoms with Crippen LogP contribution < -0.4 is 4.74 Å². The van der Waals surface area contributed by atoms with Crippen molar-refractivity contribution in [2.24, 2.45) is 0 Å². The second-order valence-corrected chi connectivity index (χ2v) is 5.14. The Bertz CT molecular complexity index is 845. The van der Waals surface area contributed by atoms with Crippen LogP contribution in [0.5, 0.6) is 5.75 Å². The minimum absolute atomic E-state index is 0.616. The molecule has 1 aromatic heterocycles. The number of methoxy groups -OCH3 is 1. The molecule has 0 fully saturated rings. The third kappa shape index (κ3) is 2.17. The fourth-order valence-corrected chi connectivity index (χ4v) is 2.58. The van der Waals surface area contributed by atoms with Gasteiger partial charge in [-0.3, -0.25) is 5.10 Å². The molecule has 1 heterocycles. The Morgan fingerprint density at radius 2 is 1.90 bits per heavy atom. The van der Waals surface area contributed by atoms with Crippen LogP contribution in [-0.2, 0) is 0 Å². The zero-order chi connectivity index (χ0) is 14.1. The summed E-state index contributed by atoms with van der Waals surface area (Å²) in [6.45, 7) is 0. The Labute approximate surface area is 126 Å². The molecule has 0 saturated heterocycles. The van der Waals surface area contributed by atoms with Gasteiger partial charge >= 0.3 is 0 Å². The van der Waals surface area contributed by atoms with Gasteiger partial charge in [0.25, 0.3) is 0 Å². The third-order valence-electron chi connectivity index (χ3n) is 3.11. The van der Waals surface area contributed by atoms with Crippen LogP contribution in [0, 0.1) is 4.64 Å². The average molecular weight is 303 g/mol. The number of nitrogens with zero attached hydrogens (tertiary/aromatic N) is 1. The van der Waals surface area contributed by atoms with Crippen LogP contribution >= 0.6 is 23.8 Å². The van der Waals surface area contributed by atoms with E-state index >= 15 is 0 Å². The number of aromatic nitrogens is 2. The summed E-state index contributed by atoms with van der Waals surface area (Å²) in [5, 5.41) is 9.79. The number of hydrogen-bond acceptors (Lipinski definition) is 3. The van der Waals surface area contributed by atoms with Crippen molar-refractivity contribution in [3.05, 3.63) is 52.1 Å². The normalized spacial score (nSPS) is 10.7. The van der Waals surface area contributed by atoms with Gasteiger partial charge in [0.1, 0.15) is 16.1 Å². The molecule has 0 saturated carbocycles. The SMILES string of the molecule is COc1ccc(Cl)cc1-c1n[nH]c(=S)c2ccccc12. The number of ether oxygens (including phenoxy) is 1. The number of hydrogen-bond donors (Lipinski definition) is 1. The molecular formula is C15H11ClN2OS. The van der Waals surface area contributed by atoms with Crippen LogP contribution in [0.4, 0.5) is 0 Å². The van der Waals surface area contributed by atoms with Gasteiger partial charge in [-0.25, -0.2) is 0 Å². The summed E-state index contributed by atoms with van der Waals surface area (Å²) in [5.41, 5.74) is 1.61. The van der Waals surface area contributed by atoms with Crippen LogP contribution in [0.15, 0.2) is 42.5 Å². The van der Waals surface area contributed by atoms with Crippen LogP contribution in [0.2, 0.25) is 5.02 Å². The molecule has 1 N–H and O–H groups in total. The monoisotopic (exact) mass is 302 g/mol. The molecule has 0 unspecified atom stereocenters. The van der Waals surface area contributed by atoms with Gasteiger partial charge in [0, 0.05) is 21.4 Å². The summed E-state index contributed by atoms with van der Waals surface area (Å²) in [5.74, 6) is 0.720. The molecule has 20 heavy (non-hydrogen) atoms. The summed E-state index contributed by atoms with van der Waals surface area (Å²) >= 11 is 11.4. The Kier molecular flexibility index (Phi) is 3.42. The van der Waals surface area contributed by atoms with Crippen molar-refractivity contribution in [2.75, 3.05) is 7.11 Å². The summed E-state index contributed by atoms with van der Waals surface area (Å²) in [6.07, 6.45) is 0. The first-order chi connectivity index (χ1) is 9.70. The lowest BCUT2D eigenvalue weighted by Crippen LogP contribution is -1.94. The molecule has 0 spiro atoms. The van der Waals surface area contributed by atoms with Gasteiger partial charge in [-0.05, 0) is 18.2 Å². The van der Waals surface area contributed by atoms with E-state index in [-0.39, 0.29) is 0 Å². The number of H-pyrrole nitrogens is 1. The topological polar surface area (TPSA) is 37.9 Å². The molecule has 3 aromatic rings. The minimum Gasteiger partial charge on any atom is -0.496 e. The van der Waals surface area contributed by atoms with Gasteiger partial charge in [0.15, 0.2) is 0 Å². The highest BCUT2D eigenvalue weighted by atomic mass is 35.5. The van der Waals surface area contributed by atoms with Crippen molar-refractivity contribution in [2.45, 2.75) is 0 Å². The molecule has 2 aromatic carbocycles.